The number of carbonyl (C=O) groups excluding carboxylic acids is 1. The number of carbonyl (C=O) groups is 1. The molecule has 86 valence electrons. The molecule has 16 heavy (non-hydrogen) atoms. The molecule has 1 amide bonds. The van der Waals surface area contributed by atoms with E-state index in [1.54, 1.807) is 13.2 Å². The molecule has 1 aromatic carbocycles. The summed E-state index contributed by atoms with van der Waals surface area (Å²) in [6, 6.07) is 7.29. The quantitative estimate of drug-likeness (QED) is 0.846. The van der Waals surface area contributed by atoms with Crippen LogP contribution in [0.25, 0.3) is 0 Å². The Labute approximate surface area is 94.6 Å². The number of nitrogens with one attached hydrogen (secondary N) is 1. The van der Waals surface area contributed by atoms with E-state index in [1.807, 2.05) is 18.2 Å². The predicted molar refractivity (Wildman–Crippen MR) is 60.6 cm³/mol. The minimum Gasteiger partial charge on any atom is -0.497 e. The number of anilines is 1. The average molecular weight is 221 g/mol. The van der Waals surface area contributed by atoms with Gasteiger partial charge in [0, 0.05) is 18.4 Å². The standard InChI is InChI=1S/C12H15NO3/c1-15-10-5-2-4-9(8-10)13-12(14)11-6-3-7-16-11/h2,4-5,8,11H,3,6-7H2,1H3,(H,13,14)/t11-/m0/s1. The van der Waals surface area contributed by atoms with Crippen LogP contribution in [0.15, 0.2) is 24.3 Å². The first-order valence-electron chi connectivity index (χ1n) is 5.36. The van der Waals surface area contributed by atoms with Gasteiger partial charge in [-0.1, -0.05) is 6.07 Å². The molecule has 0 aliphatic carbocycles. The van der Waals surface area contributed by atoms with Gasteiger partial charge in [-0.25, -0.2) is 0 Å². The lowest BCUT2D eigenvalue weighted by Gasteiger charge is -2.10. The van der Waals surface area contributed by atoms with Crippen LogP contribution in [0.1, 0.15) is 12.8 Å². The SMILES string of the molecule is COc1cccc(NC(=O)[C@@H]2CCCO2)c1. The van der Waals surface area contributed by atoms with Crippen LogP contribution >= 0.6 is 0 Å². The third-order valence-electron chi connectivity index (χ3n) is 2.56. The molecule has 1 aliphatic heterocycles. The zero-order valence-electron chi connectivity index (χ0n) is 9.23. The molecule has 2 rings (SSSR count). The number of hydrogen-bond acceptors (Lipinski definition) is 3. The molecule has 1 heterocycles. The molecule has 1 aliphatic rings. The fraction of sp³-hybridized carbons (Fsp3) is 0.417. The summed E-state index contributed by atoms with van der Waals surface area (Å²) < 4.78 is 10.4. The van der Waals surface area contributed by atoms with Crippen LogP contribution in [0.4, 0.5) is 5.69 Å². The summed E-state index contributed by atoms with van der Waals surface area (Å²) in [4.78, 5) is 11.7. The van der Waals surface area contributed by atoms with Gasteiger partial charge in [-0.05, 0) is 25.0 Å². The molecule has 1 fully saturated rings. The van der Waals surface area contributed by atoms with Crippen molar-refractivity contribution < 1.29 is 14.3 Å². The second kappa shape index (κ2) is 4.99. The zero-order valence-corrected chi connectivity index (χ0v) is 9.23. The van der Waals surface area contributed by atoms with E-state index in [4.69, 9.17) is 9.47 Å². The lowest BCUT2D eigenvalue weighted by molar-refractivity contribution is -0.124. The smallest absolute Gasteiger partial charge is 0.253 e. The normalized spacial score (nSPS) is 19.4. The number of rotatable bonds is 3. The van der Waals surface area contributed by atoms with Crippen molar-refractivity contribution in [1.82, 2.24) is 0 Å². The lowest BCUT2D eigenvalue weighted by atomic mass is 10.2. The summed E-state index contributed by atoms with van der Waals surface area (Å²) in [5.41, 5.74) is 0.736. The highest BCUT2D eigenvalue weighted by Crippen LogP contribution is 2.19. The van der Waals surface area contributed by atoms with Crippen LogP contribution in [0.5, 0.6) is 5.75 Å². The summed E-state index contributed by atoms with van der Waals surface area (Å²) in [6.45, 7) is 0.677. The molecule has 0 aromatic heterocycles. The molecule has 1 atom stereocenters. The van der Waals surface area contributed by atoms with Crippen molar-refractivity contribution in [2.24, 2.45) is 0 Å². The second-order valence-electron chi connectivity index (χ2n) is 3.72. The molecule has 4 nitrogen and oxygen atoms in total. The maximum Gasteiger partial charge on any atom is 0.253 e. The zero-order chi connectivity index (χ0) is 11.4. The summed E-state index contributed by atoms with van der Waals surface area (Å²) in [6.07, 6.45) is 1.46. The highest BCUT2D eigenvalue weighted by atomic mass is 16.5. The Bertz CT molecular complexity index is 372. The minimum absolute atomic E-state index is 0.0780. The van der Waals surface area contributed by atoms with Crippen molar-refractivity contribution in [1.29, 1.82) is 0 Å². The van der Waals surface area contributed by atoms with Gasteiger partial charge in [-0.15, -0.1) is 0 Å². The van der Waals surface area contributed by atoms with Crippen molar-refractivity contribution in [2.45, 2.75) is 18.9 Å². The van der Waals surface area contributed by atoms with Gasteiger partial charge < -0.3 is 14.8 Å². The molecule has 0 bridgehead atoms. The Balaban J connectivity index is 1.99. The van der Waals surface area contributed by atoms with Gasteiger partial charge in [-0.3, -0.25) is 4.79 Å². The summed E-state index contributed by atoms with van der Waals surface area (Å²) >= 11 is 0. The van der Waals surface area contributed by atoms with Gasteiger partial charge in [0.2, 0.25) is 0 Å². The van der Waals surface area contributed by atoms with Crippen LogP contribution in [-0.4, -0.2) is 25.7 Å². The molecule has 1 aromatic rings. The molecule has 1 saturated heterocycles. The van der Waals surface area contributed by atoms with E-state index < -0.39 is 0 Å². The van der Waals surface area contributed by atoms with E-state index >= 15 is 0 Å². The topological polar surface area (TPSA) is 47.6 Å². The number of methoxy groups -OCH3 is 1. The van der Waals surface area contributed by atoms with Gasteiger partial charge in [0.25, 0.3) is 5.91 Å². The fourth-order valence-corrected chi connectivity index (χ4v) is 1.71. The van der Waals surface area contributed by atoms with Gasteiger partial charge in [0.15, 0.2) is 0 Å². The van der Waals surface area contributed by atoms with E-state index in [0.29, 0.717) is 6.61 Å². The molecule has 1 N–H and O–H groups in total. The first-order valence-corrected chi connectivity index (χ1v) is 5.36. The average Bonchev–Trinajstić information content (AvgIpc) is 2.83. The van der Waals surface area contributed by atoms with E-state index in [0.717, 1.165) is 24.3 Å². The molecule has 0 radical (unpaired) electrons. The van der Waals surface area contributed by atoms with Crippen LogP contribution < -0.4 is 10.1 Å². The maximum atomic E-state index is 11.7. The maximum absolute atomic E-state index is 11.7. The van der Waals surface area contributed by atoms with Crippen LogP contribution in [0.3, 0.4) is 0 Å². The monoisotopic (exact) mass is 221 g/mol. The molecule has 0 saturated carbocycles. The molecule has 0 unspecified atom stereocenters. The Morgan fingerprint density at radius 2 is 2.44 bits per heavy atom. The van der Waals surface area contributed by atoms with E-state index in [1.165, 1.54) is 0 Å². The highest BCUT2D eigenvalue weighted by Gasteiger charge is 2.23. The largest absolute Gasteiger partial charge is 0.497 e. The Morgan fingerprint density at radius 3 is 3.12 bits per heavy atom. The van der Waals surface area contributed by atoms with E-state index in [9.17, 15) is 4.79 Å². The fourth-order valence-electron chi connectivity index (χ4n) is 1.71. The third-order valence-corrected chi connectivity index (χ3v) is 2.56. The molecule has 4 heteroatoms. The van der Waals surface area contributed by atoms with Crippen LogP contribution in [0.2, 0.25) is 0 Å². The number of ether oxygens (including phenoxy) is 2. The lowest BCUT2D eigenvalue weighted by Crippen LogP contribution is -2.26. The molecule has 0 spiro atoms. The van der Waals surface area contributed by atoms with Gasteiger partial charge in [0.05, 0.1) is 7.11 Å². The first-order chi connectivity index (χ1) is 7.79. The van der Waals surface area contributed by atoms with E-state index in [2.05, 4.69) is 5.32 Å². The van der Waals surface area contributed by atoms with Gasteiger partial charge in [0.1, 0.15) is 11.9 Å². The second-order valence-corrected chi connectivity index (χ2v) is 3.72. The minimum atomic E-state index is -0.300. The van der Waals surface area contributed by atoms with Crippen molar-refractivity contribution in [3.05, 3.63) is 24.3 Å². The van der Waals surface area contributed by atoms with Crippen LogP contribution in [0, 0.1) is 0 Å². The molecular weight excluding hydrogens is 206 g/mol. The van der Waals surface area contributed by atoms with Gasteiger partial charge >= 0.3 is 0 Å². The summed E-state index contributed by atoms with van der Waals surface area (Å²) in [5, 5.41) is 2.81. The van der Waals surface area contributed by atoms with Gasteiger partial charge in [-0.2, -0.15) is 0 Å². The Kier molecular flexibility index (Phi) is 3.41. The third kappa shape index (κ3) is 2.52. The van der Waals surface area contributed by atoms with Crippen molar-refractivity contribution in [3.63, 3.8) is 0 Å². The van der Waals surface area contributed by atoms with E-state index in [-0.39, 0.29) is 12.0 Å². The summed E-state index contributed by atoms with van der Waals surface area (Å²) in [5.74, 6) is 0.649. The first kappa shape index (κ1) is 11.0. The Morgan fingerprint density at radius 1 is 1.56 bits per heavy atom. The van der Waals surface area contributed by atoms with Crippen LogP contribution in [-0.2, 0) is 9.53 Å². The number of benzene rings is 1. The molecular formula is C12H15NO3. The van der Waals surface area contributed by atoms with Crippen molar-refractivity contribution in [2.75, 3.05) is 19.0 Å². The Hall–Kier alpha value is -1.55. The summed E-state index contributed by atoms with van der Waals surface area (Å²) in [7, 11) is 1.60. The van der Waals surface area contributed by atoms with Crippen molar-refractivity contribution >= 4 is 11.6 Å². The predicted octanol–water partition coefficient (Wildman–Crippen LogP) is 1.81. The van der Waals surface area contributed by atoms with Crippen molar-refractivity contribution in [3.8, 4) is 5.75 Å². The highest BCUT2D eigenvalue weighted by molar-refractivity contribution is 5.94. The number of hydrogen-bond donors (Lipinski definition) is 1. The number of amides is 1.